The Bertz CT molecular complexity index is 661. The topological polar surface area (TPSA) is 83.7 Å². The predicted octanol–water partition coefficient (Wildman–Crippen LogP) is 1.48. The largest absolute Gasteiger partial charge is 0.480 e. The number of carboxylic acid groups (broad SMARTS) is 1. The number of aliphatic carboxylic acids is 1. The van der Waals surface area contributed by atoms with E-state index in [9.17, 15) is 9.59 Å². The lowest BCUT2D eigenvalue weighted by atomic mass is 10.0. The van der Waals surface area contributed by atoms with Gasteiger partial charge in [0.25, 0.3) is 5.91 Å². The number of carbonyl (C=O) groups is 2. The highest BCUT2D eigenvalue weighted by atomic mass is 16.4. The molecule has 2 rings (SSSR count). The molecule has 2 aromatic heterocycles. The van der Waals surface area contributed by atoms with Gasteiger partial charge in [0.2, 0.25) is 0 Å². The van der Waals surface area contributed by atoms with Gasteiger partial charge in [-0.2, -0.15) is 0 Å². The Kier molecular flexibility index (Phi) is 3.74. The van der Waals surface area contributed by atoms with Crippen LogP contribution >= 0.6 is 0 Å². The van der Waals surface area contributed by atoms with Crippen LogP contribution in [0.15, 0.2) is 24.4 Å². The number of hydrogen-bond donors (Lipinski definition) is 2. The molecular weight excluding hydrogens is 258 g/mol. The first kappa shape index (κ1) is 14.0. The van der Waals surface area contributed by atoms with E-state index in [4.69, 9.17) is 5.11 Å². The maximum Gasteiger partial charge on any atom is 0.326 e. The van der Waals surface area contributed by atoms with E-state index >= 15 is 0 Å². The molecule has 0 aliphatic rings. The molecule has 20 heavy (non-hydrogen) atoms. The Balaban J connectivity index is 2.27. The lowest BCUT2D eigenvalue weighted by molar-refractivity contribution is -0.140. The van der Waals surface area contributed by atoms with Crippen molar-refractivity contribution in [3.63, 3.8) is 0 Å². The molecule has 106 valence electrons. The van der Waals surface area contributed by atoms with Crippen molar-refractivity contribution >= 4 is 17.5 Å². The van der Waals surface area contributed by atoms with Crippen LogP contribution in [0.25, 0.3) is 5.65 Å². The van der Waals surface area contributed by atoms with Crippen molar-refractivity contribution in [3.8, 4) is 0 Å². The monoisotopic (exact) mass is 275 g/mol. The van der Waals surface area contributed by atoms with E-state index in [-0.39, 0.29) is 11.6 Å². The van der Waals surface area contributed by atoms with Crippen molar-refractivity contribution in [1.29, 1.82) is 0 Å². The van der Waals surface area contributed by atoms with Crippen LogP contribution in [0.3, 0.4) is 0 Å². The van der Waals surface area contributed by atoms with Crippen LogP contribution in [-0.4, -0.2) is 32.4 Å². The second kappa shape index (κ2) is 5.32. The molecule has 2 aromatic rings. The van der Waals surface area contributed by atoms with Gasteiger partial charge in [0, 0.05) is 11.9 Å². The summed E-state index contributed by atoms with van der Waals surface area (Å²) < 4.78 is 1.79. The number of hydrogen-bond acceptors (Lipinski definition) is 3. The van der Waals surface area contributed by atoms with Gasteiger partial charge in [-0.05, 0) is 25.0 Å². The normalized spacial score (nSPS) is 12.6. The molecule has 2 N–H and O–H groups in total. The molecule has 0 aliphatic heterocycles. The lowest BCUT2D eigenvalue weighted by Gasteiger charge is -2.16. The standard InChI is InChI=1S/C14H17N3O3/c1-8(2)12(14(19)20)16-13(18)10-7-17-9(3)5-4-6-11(17)15-10/h4-8,12H,1-3H3,(H,16,18)(H,19,20)/t12-/m1/s1. The summed E-state index contributed by atoms with van der Waals surface area (Å²) in [5.41, 5.74) is 1.82. The number of nitrogens with one attached hydrogen (secondary N) is 1. The van der Waals surface area contributed by atoms with Gasteiger partial charge in [0.1, 0.15) is 17.4 Å². The van der Waals surface area contributed by atoms with Crippen LogP contribution in [0.5, 0.6) is 0 Å². The molecule has 1 atom stereocenters. The minimum absolute atomic E-state index is 0.199. The summed E-state index contributed by atoms with van der Waals surface area (Å²) in [6, 6.07) is 4.63. The summed E-state index contributed by atoms with van der Waals surface area (Å²) in [6.45, 7) is 5.39. The maximum atomic E-state index is 12.1. The molecule has 0 bridgehead atoms. The first-order valence-corrected chi connectivity index (χ1v) is 6.38. The predicted molar refractivity (Wildman–Crippen MR) is 73.7 cm³/mol. The fraction of sp³-hybridized carbons (Fsp3) is 0.357. The van der Waals surface area contributed by atoms with Gasteiger partial charge >= 0.3 is 5.97 Å². The number of aryl methyl sites for hydroxylation is 1. The molecule has 1 amide bonds. The zero-order valence-corrected chi connectivity index (χ0v) is 11.6. The maximum absolute atomic E-state index is 12.1. The van der Waals surface area contributed by atoms with Crippen molar-refractivity contribution in [2.24, 2.45) is 5.92 Å². The van der Waals surface area contributed by atoms with Gasteiger partial charge in [-0.25, -0.2) is 9.78 Å². The Morgan fingerprint density at radius 2 is 2.05 bits per heavy atom. The van der Waals surface area contributed by atoms with E-state index in [1.54, 1.807) is 30.5 Å². The van der Waals surface area contributed by atoms with Crippen LogP contribution in [0.1, 0.15) is 30.0 Å². The molecule has 0 saturated carbocycles. The van der Waals surface area contributed by atoms with E-state index in [2.05, 4.69) is 10.3 Å². The van der Waals surface area contributed by atoms with Crippen LogP contribution in [0.2, 0.25) is 0 Å². The highest BCUT2D eigenvalue weighted by Crippen LogP contribution is 2.09. The smallest absolute Gasteiger partial charge is 0.326 e. The van der Waals surface area contributed by atoms with Gasteiger partial charge in [-0.3, -0.25) is 4.79 Å². The average Bonchev–Trinajstić information content (AvgIpc) is 2.80. The zero-order valence-electron chi connectivity index (χ0n) is 11.6. The average molecular weight is 275 g/mol. The minimum Gasteiger partial charge on any atom is -0.480 e. The second-order valence-electron chi connectivity index (χ2n) is 5.05. The van der Waals surface area contributed by atoms with Crippen molar-refractivity contribution < 1.29 is 14.7 Å². The molecule has 6 nitrogen and oxygen atoms in total. The molecular formula is C14H17N3O3. The number of rotatable bonds is 4. The molecule has 6 heteroatoms. The molecule has 0 aromatic carbocycles. The first-order valence-electron chi connectivity index (χ1n) is 6.38. The minimum atomic E-state index is -1.05. The Morgan fingerprint density at radius 1 is 1.35 bits per heavy atom. The van der Waals surface area contributed by atoms with E-state index < -0.39 is 17.9 Å². The number of amides is 1. The van der Waals surface area contributed by atoms with E-state index in [0.29, 0.717) is 5.65 Å². The zero-order chi connectivity index (χ0) is 14.9. The molecule has 2 heterocycles. The second-order valence-corrected chi connectivity index (χ2v) is 5.05. The molecule has 0 spiro atoms. The summed E-state index contributed by atoms with van der Waals surface area (Å²) in [4.78, 5) is 27.4. The SMILES string of the molecule is Cc1cccc2nc(C(=O)N[C@@H](C(=O)O)C(C)C)cn12. The molecule has 0 radical (unpaired) electrons. The van der Waals surface area contributed by atoms with E-state index in [1.165, 1.54) is 0 Å². The van der Waals surface area contributed by atoms with Crippen molar-refractivity contribution in [2.45, 2.75) is 26.8 Å². The highest BCUT2D eigenvalue weighted by molar-refractivity contribution is 5.95. The van der Waals surface area contributed by atoms with Crippen LogP contribution in [-0.2, 0) is 4.79 Å². The summed E-state index contributed by atoms with van der Waals surface area (Å²) >= 11 is 0. The number of fused-ring (bicyclic) bond motifs is 1. The number of carbonyl (C=O) groups excluding carboxylic acids is 1. The first-order chi connectivity index (χ1) is 9.40. The summed E-state index contributed by atoms with van der Waals surface area (Å²) in [5, 5.41) is 11.6. The third-order valence-corrected chi connectivity index (χ3v) is 3.15. The highest BCUT2D eigenvalue weighted by Gasteiger charge is 2.25. The van der Waals surface area contributed by atoms with Crippen LogP contribution < -0.4 is 5.32 Å². The third kappa shape index (κ3) is 2.64. The summed E-state index contributed by atoms with van der Waals surface area (Å²) in [7, 11) is 0. The van der Waals surface area contributed by atoms with Crippen LogP contribution in [0.4, 0.5) is 0 Å². The summed E-state index contributed by atoms with van der Waals surface area (Å²) in [5.74, 6) is -1.72. The number of aromatic nitrogens is 2. The Labute approximate surface area is 116 Å². The molecule has 0 aliphatic carbocycles. The van der Waals surface area contributed by atoms with Crippen molar-refractivity contribution in [2.75, 3.05) is 0 Å². The molecule has 0 fully saturated rings. The number of pyridine rings is 1. The van der Waals surface area contributed by atoms with Gasteiger partial charge in [0.15, 0.2) is 0 Å². The van der Waals surface area contributed by atoms with E-state index in [0.717, 1.165) is 5.69 Å². The van der Waals surface area contributed by atoms with E-state index in [1.807, 2.05) is 19.1 Å². The van der Waals surface area contributed by atoms with Crippen molar-refractivity contribution in [1.82, 2.24) is 14.7 Å². The molecule has 0 saturated heterocycles. The number of carboxylic acids is 1. The fourth-order valence-corrected chi connectivity index (χ4v) is 1.99. The summed E-state index contributed by atoms with van der Waals surface area (Å²) in [6.07, 6.45) is 1.61. The number of imidazole rings is 1. The van der Waals surface area contributed by atoms with Crippen molar-refractivity contribution in [3.05, 3.63) is 35.8 Å². The van der Waals surface area contributed by atoms with Gasteiger partial charge in [-0.1, -0.05) is 19.9 Å². The molecule has 0 unspecified atom stereocenters. The quantitative estimate of drug-likeness (QED) is 0.885. The van der Waals surface area contributed by atoms with Gasteiger partial charge in [0.05, 0.1) is 0 Å². The lowest BCUT2D eigenvalue weighted by Crippen LogP contribution is -2.44. The Morgan fingerprint density at radius 3 is 2.60 bits per heavy atom. The fourth-order valence-electron chi connectivity index (χ4n) is 1.99. The third-order valence-electron chi connectivity index (χ3n) is 3.15. The van der Waals surface area contributed by atoms with Gasteiger partial charge in [-0.15, -0.1) is 0 Å². The Hall–Kier alpha value is -2.37. The van der Waals surface area contributed by atoms with Gasteiger partial charge < -0.3 is 14.8 Å². The van der Waals surface area contributed by atoms with Crippen LogP contribution in [0, 0.1) is 12.8 Å². The number of nitrogens with zero attached hydrogens (tertiary/aromatic N) is 2.